The molecule has 0 bridgehead atoms. The Bertz CT molecular complexity index is 562. The van der Waals surface area contributed by atoms with Crippen molar-refractivity contribution in [2.45, 2.75) is 4.90 Å². The Morgan fingerprint density at radius 3 is 2.73 bits per heavy atom. The van der Waals surface area contributed by atoms with Crippen LogP contribution < -0.4 is 0 Å². The fraction of sp³-hybridized carbons (Fsp3) is 0.125. The minimum Gasteiger partial charge on any atom is -0.224 e. The summed E-state index contributed by atoms with van der Waals surface area (Å²) >= 11 is 0. The number of hydrogen-bond acceptors (Lipinski definition) is 5. The van der Waals surface area contributed by atoms with Gasteiger partial charge in [-0.05, 0) is 17.3 Å². The Hall–Kier alpha value is -1.76. The van der Waals surface area contributed by atoms with Crippen LogP contribution in [0, 0.1) is 0 Å². The molecular formula is C8H8N4O2S. The molecule has 0 atom stereocenters. The summed E-state index contributed by atoms with van der Waals surface area (Å²) in [5, 5.41) is 13.2. The lowest BCUT2D eigenvalue weighted by Crippen LogP contribution is -1.97. The number of nitrogens with one attached hydrogen (secondary N) is 1. The van der Waals surface area contributed by atoms with E-state index in [-0.39, 0.29) is 4.90 Å². The fourth-order valence-corrected chi connectivity index (χ4v) is 1.82. The van der Waals surface area contributed by atoms with Crippen molar-refractivity contribution in [2.24, 2.45) is 0 Å². The zero-order chi connectivity index (χ0) is 10.9. The number of benzene rings is 1. The Balaban J connectivity index is 2.53. The number of H-pyrrole nitrogens is 1. The Kier molecular flexibility index (Phi) is 2.24. The third kappa shape index (κ3) is 2.01. The maximum absolute atomic E-state index is 11.3. The number of rotatable bonds is 2. The SMILES string of the molecule is CS(=O)(=O)c1cccc(-c2nn[nH]n2)c1. The van der Waals surface area contributed by atoms with E-state index in [1.54, 1.807) is 12.1 Å². The molecule has 1 heterocycles. The Labute approximate surface area is 86.3 Å². The number of hydrogen-bond donors (Lipinski definition) is 1. The minimum atomic E-state index is -3.20. The van der Waals surface area contributed by atoms with E-state index in [2.05, 4.69) is 20.6 Å². The molecule has 0 aliphatic carbocycles. The van der Waals surface area contributed by atoms with Crippen molar-refractivity contribution in [3.05, 3.63) is 24.3 Å². The van der Waals surface area contributed by atoms with E-state index in [4.69, 9.17) is 0 Å². The Morgan fingerprint density at radius 2 is 2.13 bits per heavy atom. The van der Waals surface area contributed by atoms with Gasteiger partial charge in [0.15, 0.2) is 9.84 Å². The molecule has 0 unspecified atom stereocenters. The van der Waals surface area contributed by atoms with E-state index >= 15 is 0 Å². The van der Waals surface area contributed by atoms with E-state index in [0.717, 1.165) is 6.26 Å². The first-order valence-corrected chi connectivity index (χ1v) is 6.00. The molecule has 1 aromatic carbocycles. The predicted octanol–water partition coefficient (Wildman–Crippen LogP) is 0.270. The number of tetrazole rings is 1. The molecule has 0 fully saturated rings. The highest BCUT2D eigenvalue weighted by Crippen LogP contribution is 2.17. The molecule has 0 aliphatic heterocycles. The third-order valence-corrected chi connectivity index (χ3v) is 2.98. The quantitative estimate of drug-likeness (QED) is 0.791. The lowest BCUT2D eigenvalue weighted by Gasteiger charge is -1.99. The molecule has 0 radical (unpaired) electrons. The second-order valence-electron chi connectivity index (χ2n) is 3.04. The molecule has 0 saturated heterocycles. The summed E-state index contributed by atoms with van der Waals surface area (Å²) in [6.07, 6.45) is 1.16. The van der Waals surface area contributed by atoms with Crippen LogP contribution in [0.25, 0.3) is 11.4 Å². The van der Waals surface area contributed by atoms with Gasteiger partial charge in [-0.3, -0.25) is 0 Å². The first-order valence-electron chi connectivity index (χ1n) is 4.11. The number of nitrogens with zero attached hydrogens (tertiary/aromatic N) is 3. The average molecular weight is 224 g/mol. The van der Waals surface area contributed by atoms with Gasteiger partial charge in [0.05, 0.1) is 4.90 Å². The molecule has 0 amide bonds. The molecule has 0 saturated carbocycles. The summed E-state index contributed by atoms with van der Waals surface area (Å²) in [5.74, 6) is 0.375. The molecule has 1 aromatic heterocycles. The van der Waals surface area contributed by atoms with Gasteiger partial charge in [0.2, 0.25) is 5.82 Å². The van der Waals surface area contributed by atoms with Crippen LogP contribution in [-0.2, 0) is 9.84 Å². The maximum Gasteiger partial charge on any atom is 0.204 e. The smallest absolute Gasteiger partial charge is 0.204 e. The summed E-state index contributed by atoms with van der Waals surface area (Å²) in [6.45, 7) is 0. The van der Waals surface area contributed by atoms with Crippen LogP contribution in [0.3, 0.4) is 0 Å². The molecule has 7 heteroatoms. The van der Waals surface area contributed by atoms with Crippen molar-refractivity contribution in [1.29, 1.82) is 0 Å². The van der Waals surface area contributed by atoms with E-state index < -0.39 is 9.84 Å². The summed E-state index contributed by atoms with van der Waals surface area (Å²) < 4.78 is 22.6. The zero-order valence-electron chi connectivity index (χ0n) is 7.88. The lowest BCUT2D eigenvalue weighted by molar-refractivity contribution is 0.602. The van der Waals surface area contributed by atoms with Gasteiger partial charge in [-0.15, -0.1) is 10.2 Å². The monoisotopic (exact) mass is 224 g/mol. The van der Waals surface area contributed by atoms with Crippen molar-refractivity contribution in [1.82, 2.24) is 20.6 Å². The van der Waals surface area contributed by atoms with E-state index in [1.807, 2.05) is 0 Å². The molecule has 1 N–H and O–H groups in total. The predicted molar refractivity (Wildman–Crippen MR) is 52.7 cm³/mol. The highest BCUT2D eigenvalue weighted by Gasteiger charge is 2.09. The fourth-order valence-electron chi connectivity index (χ4n) is 1.15. The summed E-state index contributed by atoms with van der Waals surface area (Å²) in [4.78, 5) is 0.241. The van der Waals surface area contributed by atoms with Gasteiger partial charge in [-0.2, -0.15) is 5.21 Å². The standard InChI is InChI=1S/C8H8N4O2S/c1-15(13,14)7-4-2-3-6(5-7)8-9-11-12-10-8/h2-5H,1H3,(H,9,10,11,12). The second kappa shape index (κ2) is 3.43. The van der Waals surface area contributed by atoms with Gasteiger partial charge in [0.1, 0.15) is 0 Å². The van der Waals surface area contributed by atoms with Crippen LogP contribution in [0.5, 0.6) is 0 Å². The van der Waals surface area contributed by atoms with Gasteiger partial charge in [0, 0.05) is 11.8 Å². The molecule has 15 heavy (non-hydrogen) atoms. The van der Waals surface area contributed by atoms with Gasteiger partial charge in [-0.25, -0.2) is 8.42 Å². The van der Waals surface area contributed by atoms with Crippen LogP contribution >= 0.6 is 0 Å². The number of sulfone groups is 1. The van der Waals surface area contributed by atoms with Gasteiger partial charge >= 0.3 is 0 Å². The molecule has 0 aliphatic rings. The van der Waals surface area contributed by atoms with Gasteiger partial charge < -0.3 is 0 Å². The molecular weight excluding hydrogens is 216 g/mol. The van der Waals surface area contributed by atoms with Crippen LogP contribution in [0.4, 0.5) is 0 Å². The average Bonchev–Trinajstić information content (AvgIpc) is 2.69. The minimum absolute atomic E-state index is 0.241. The van der Waals surface area contributed by atoms with Crippen LogP contribution in [0.2, 0.25) is 0 Å². The van der Waals surface area contributed by atoms with Crippen LogP contribution in [0.1, 0.15) is 0 Å². The van der Waals surface area contributed by atoms with E-state index in [1.165, 1.54) is 12.1 Å². The molecule has 2 aromatic rings. The first-order chi connectivity index (χ1) is 7.07. The number of aromatic amines is 1. The largest absolute Gasteiger partial charge is 0.224 e. The normalized spacial score (nSPS) is 11.5. The highest BCUT2D eigenvalue weighted by molar-refractivity contribution is 7.90. The van der Waals surface area contributed by atoms with E-state index in [9.17, 15) is 8.42 Å². The van der Waals surface area contributed by atoms with Crippen molar-refractivity contribution in [3.63, 3.8) is 0 Å². The maximum atomic E-state index is 11.3. The van der Waals surface area contributed by atoms with Crippen molar-refractivity contribution in [2.75, 3.05) is 6.26 Å². The van der Waals surface area contributed by atoms with Gasteiger partial charge in [-0.1, -0.05) is 12.1 Å². The van der Waals surface area contributed by atoms with E-state index in [0.29, 0.717) is 11.4 Å². The van der Waals surface area contributed by atoms with Crippen LogP contribution in [-0.4, -0.2) is 35.3 Å². The summed E-state index contributed by atoms with van der Waals surface area (Å²) in [6, 6.07) is 6.40. The molecule has 2 rings (SSSR count). The van der Waals surface area contributed by atoms with Crippen molar-refractivity contribution < 1.29 is 8.42 Å². The second-order valence-corrected chi connectivity index (χ2v) is 5.05. The molecule has 0 spiro atoms. The zero-order valence-corrected chi connectivity index (χ0v) is 8.69. The van der Waals surface area contributed by atoms with Crippen molar-refractivity contribution in [3.8, 4) is 11.4 Å². The Morgan fingerprint density at radius 1 is 1.33 bits per heavy atom. The van der Waals surface area contributed by atoms with Crippen LogP contribution in [0.15, 0.2) is 29.2 Å². The number of aromatic nitrogens is 4. The summed E-state index contributed by atoms with van der Waals surface area (Å²) in [5.41, 5.74) is 0.617. The first kappa shape index (κ1) is 9.78. The van der Waals surface area contributed by atoms with Crippen molar-refractivity contribution >= 4 is 9.84 Å². The molecule has 6 nitrogen and oxygen atoms in total. The lowest BCUT2D eigenvalue weighted by atomic mass is 10.2. The van der Waals surface area contributed by atoms with Gasteiger partial charge in [0.25, 0.3) is 0 Å². The highest BCUT2D eigenvalue weighted by atomic mass is 32.2. The molecule has 78 valence electrons. The topological polar surface area (TPSA) is 88.6 Å². The summed E-state index contributed by atoms with van der Waals surface area (Å²) in [7, 11) is -3.20. The third-order valence-electron chi connectivity index (χ3n) is 1.87.